The molecule has 1 fully saturated rings. The average Bonchev–Trinajstić information content (AvgIpc) is 2.92. The Morgan fingerprint density at radius 1 is 1.43 bits per heavy atom. The second kappa shape index (κ2) is 7.24. The molecule has 1 atom stereocenters. The van der Waals surface area contributed by atoms with Gasteiger partial charge in [-0.1, -0.05) is 25.0 Å². The molecule has 0 heterocycles. The standard InChI is InChI=1S/C15H21BrN2O3/c16-12-5-1-2-6-13(12)21-10-11(19)9-18-14(20)15(17)7-3-4-8-15/h1-2,5-6,11,19H,3-4,7-10,17H2,(H,18,20). The summed E-state index contributed by atoms with van der Waals surface area (Å²) < 4.78 is 6.33. The van der Waals surface area contributed by atoms with Crippen LogP contribution in [0.4, 0.5) is 0 Å². The molecule has 0 aliphatic heterocycles. The SMILES string of the molecule is NC1(C(=O)NCC(O)COc2ccccc2Br)CCCC1. The molecule has 1 aliphatic carbocycles. The van der Waals surface area contributed by atoms with Crippen LogP contribution in [0.3, 0.4) is 0 Å². The number of hydrogen-bond donors (Lipinski definition) is 3. The number of ether oxygens (including phenoxy) is 1. The highest BCUT2D eigenvalue weighted by Gasteiger charge is 2.36. The molecule has 1 aliphatic rings. The Balaban J connectivity index is 1.74. The lowest BCUT2D eigenvalue weighted by Gasteiger charge is -2.23. The first-order valence-electron chi connectivity index (χ1n) is 7.14. The number of aliphatic hydroxyl groups excluding tert-OH is 1. The van der Waals surface area contributed by atoms with Gasteiger partial charge in [-0.05, 0) is 40.9 Å². The third kappa shape index (κ3) is 4.43. The molecule has 116 valence electrons. The summed E-state index contributed by atoms with van der Waals surface area (Å²) in [5, 5.41) is 12.6. The highest BCUT2D eigenvalue weighted by Crippen LogP contribution is 2.27. The third-order valence-electron chi connectivity index (χ3n) is 3.71. The van der Waals surface area contributed by atoms with E-state index >= 15 is 0 Å². The van der Waals surface area contributed by atoms with E-state index < -0.39 is 11.6 Å². The summed E-state index contributed by atoms with van der Waals surface area (Å²) in [5.41, 5.74) is 5.28. The van der Waals surface area contributed by atoms with E-state index in [4.69, 9.17) is 10.5 Å². The normalized spacial score (nSPS) is 18.2. The van der Waals surface area contributed by atoms with Crippen molar-refractivity contribution in [1.82, 2.24) is 5.32 Å². The number of benzene rings is 1. The summed E-state index contributed by atoms with van der Waals surface area (Å²) in [5.74, 6) is 0.480. The monoisotopic (exact) mass is 356 g/mol. The van der Waals surface area contributed by atoms with Crippen LogP contribution in [0.25, 0.3) is 0 Å². The predicted molar refractivity (Wildman–Crippen MR) is 84.0 cm³/mol. The van der Waals surface area contributed by atoms with Crippen LogP contribution in [0.1, 0.15) is 25.7 Å². The molecule has 0 aromatic heterocycles. The van der Waals surface area contributed by atoms with Gasteiger partial charge in [-0.3, -0.25) is 4.79 Å². The van der Waals surface area contributed by atoms with Gasteiger partial charge in [-0.15, -0.1) is 0 Å². The van der Waals surface area contributed by atoms with Gasteiger partial charge in [0.05, 0.1) is 10.0 Å². The number of aliphatic hydroxyl groups is 1. The maximum atomic E-state index is 12.0. The molecule has 0 saturated heterocycles. The van der Waals surface area contributed by atoms with Crippen molar-refractivity contribution >= 4 is 21.8 Å². The van der Waals surface area contributed by atoms with Crippen LogP contribution in [0, 0.1) is 0 Å². The molecule has 1 saturated carbocycles. The zero-order chi connectivity index (χ0) is 15.3. The van der Waals surface area contributed by atoms with E-state index in [0.29, 0.717) is 18.6 Å². The van der Waals surface area contributed by atoms with Gasteiger partial charge in [-0.2, -0.15) is 0 Å². The van der Waals surface area contributed by atoms with Gasteiger partial charge in [0.25, 0.3) is 0 Å². The third-order valence-corrected chi connectivity index (χ3v) is 4.37. The molecule has 5 nitrogen and oxygen atoms in total. The number of amides is 1. The lowest BCUT2D eigenvalue weighted by molar-refractivity contribution is -0.126. The minimum Gasteiger partial charge on any atom is -0.490 e. The number of para-hydroxylation sites is 1. The number of rotatable bonds is 6. The molecule has 1 unspecified atom stereocenters. The van der Waals surface area contributed by atoms with Crippen molar-refractivity contribution in [2.45, 2.75) is 37.3 Å². The van der Waals surface area contributed by atoms with Gasteiger partial charge in [0.1, 0.15) is 18.5 Å². The fourth-order valence-electron chi connectivity index (χ4n) is 2.43. The Morgan fingerprint density at radius 3 is 2.76 bits per heavy atom. The molecule has 1 aromatic rings. The highest BCUT2D eigenvalue weighted by atomic mass is 79.9. The van der Waals surface area contributed by atoms with Crippen molar-refractivity contribution in [3.05, 3.63) is 28.7 Å². The van der Waals surface area contributed by atoms with E-state index in [1.165, 1.54) is 0 Å². The number of nitrogens with one attached hydrogen (secondary N) is 1. The first-order chi connectivity index (χ1) is 10.0. The number of carbonyl (C=O) groups excluding carboxylic acids is 1. The molecule has 21 heavy (non-hydrogen) atoms. The van der Waals surface area contributed by atoms with Crippen LogP contribution in [-0.4, -0.2) is 35.8 Å². The van der Waals surface area contributed by atoms with Crippen LogP contribution < -0.4 is 15.8 Å². The molecule has 1 amide bonds. The Bertz CT molecular complexity index is 490. The van der Waals surface area contributed by atoms with Crippen molar-refractivity contribution in [3.63, 3.8) is 0 Å². The van der Waals surface area contributed by atoms with E-state index in [1.54, 1.807) is 0 Å². The van der Waals surface area contributed by atoms with Crippen LogP contribution >= 0.6 is 15.9 Å². The number of hydrogen-bond acceptors (Lipinski definition) is 4. The maximum Gasteiger partial charge on any atom is 0.240 e. The second-order valence-electron chi connectivity index (χ2n) is 5.47. The average molecular weight is 357 g/mol. The Hall–Kier alpha value is -1.11. The smallest absolute Gasteiger partial charge is 0.240 e. The number of nitrogens with two attached hydrogens (primary N) is 1. The molecular weight excluding hydrogens is 336 g/mol. The van der Waals surface area contributed by atoms with E-state index in [9.17, 15) is 9.90 Å². The Morgan fingerprint density at radius 2 is 2.10 bits per heavy atom. The maximum absolute atomic E-state index is 12.0. The van der Waals surface area contributed by atoms with E-state index in [-0.39, 0.29) is 19.1 Å². The zero-order valence-corrected chi connectivity index (χ0v) is 13.4. The van der Waals surface area contributed by atoms with Gasteiger partial charge >= 0.3 is 0 Å². The first kappa shape index (κ1) is 16.3. The molecule has 2 rings (SSSR count). The van der Waals surface area contributed by atoms with E-state index in [0.717, 1.165) is 17.3 Å². The van der Waals surface area contributed by atoms with Crippen molar-refractivity contribution in [1.29, 1.82) is 0 Å². The van der Waals surface area contributed by atoms with Crippen molar-refractivity contribution in [3.8, 4) is 5.75 Å². The summed E-state index contributed by atoms with van der Waals surface area (Å²) in [7, 11) is 0. The van der Waals surface area contributed by atoms with Crippen molar-refractivity contribution < 1.29 is 14.6 Å². The van der Waals surface area contributed by atoms with Gasteiger partial charge in [0, 0.05) is 6.54 Å². The predicted octanol–water partition coefficient (Wildman–Crippen LogP) is 1.58. The summed E-state index contributed by atoms with van der Waals surface area (Å²) in [6.07, 6.45) is 2.62. The van der Waals surface area contributed by atoms with Gasteiger partial charge in [-0.25, -0.2) is 0 Å². The second-order valence-corrected chi connectivity index (χ2v) is 6.32. The topological polar surface area (TPSA) is 84.6 Å². The summed E-state index contributed by atoms with van der Waals surface area (Å²) >= 11 is 3.37. The molecule has 1 aromatic carbocycles. The van der Waals surface area contributed by atoms with Gasteiger partial charge in [0.15, 0.2) is 0 Å². The Labute approximate surface area is 133 Å². The fourth-order valence-corrected chi connectivity index (χ4v) is 2.83. The Kier molecular flexibility index (Phi) is 5.61. The molecule has 0 spiro atoms. The van der Waals surface area contributed by atoms with Crippen molar-refractivity contribution in [2.75, 3.05) is 13.2 Å². The van der Waals surface area contributed by atoms with Crippen molar-refractivity contribution in [2.24, 2.45) is 5.73 Å². The summed E-state index contributed by atoms with van der Waals surface area (Å²) in [6.45, 7) is 0.253. The van der Waals surface area contributed by atoms with Crippen LogP contribution in [-0.2, 0) is 4.79 Å². The summed E-state index contributed by atoms with van der Waals surface area (Å²) in [4.78, 5) is 12.0. The van der Waals surface area contributed by atoms with Crippen LogP contribution in [0.15, 0.2) is 28.7 Å². The van der Waals surface area contributed by atoms with Gasteiger partial charge < -0.3 is 20.9 Å². The summed E-state index contributed by atoms with van der Waals surface area (Å²) in [6, 6.07) is 7.41. The minimum atomic E-state index is -0.772. The van der Waals surface area contributed by atoms with Gasteiger partial charge in [0.2, 0.25) is 5.91 Å². The quantitative estimate of drug-likeness (QED) is 0.722. The van der Waals surface area contributed by atoms with E-state index in [2.05, 4.69) is 21.2 Å². The lowest BCUT2D eigenvalue weighted by atomic mass is 9.98. The lowest BCUT2D eigenvalue weighted by Crippen LogP contribution is -2.53. The highest BCUT2D eigenvalue weighted by molar-refractivity contribution is 9.10. The number of carbonyl (C=O) groups is 1. The molecule has 0 bridgehead atoms. The molecular formula is C15H21BrN2O3. The number of halogens is 1. The van der Waals surface area contributed by atoms with E-state index in [1.807, 2.05) is 24.3 Å². The molecule has 4 N–H and O–H groups in total. The molecule has 6 heteroatoms. The zero-order valence-electron chi connectivity index (χ0n) is 11.8. The fraction of sp³-hybridized carbons (Fsp3) is 0.533. The minimum absolute atomic E-state index is 0.112. The largest absolute Gasteiger partial charge is 0.490 e. The van der Waals surface area contributed by atoms with Crippen LogP contribution in [0.5, 0.6) is 5.75 Å². The molecule has 0 radical (unpaired) electrons. The van der Waals surface area contributed by atoms with Crippen LogP contribution in [0.2, 0.25) is 0 Å². The first-order valence-corrected chi connectivity index (χ1v) is 7.93.